The zero-order chi connectivity index (χ0) is 14.1. The SMILES string of the molecule is CCC(C)(C)CNc1c(F)c(F)c(F)c(F)c1F. The van der Waals surface area contributed by atoms with Gasteiger partial charge in [-0.05, 0) is 11.8 Å². The highest BCUT2D eigenvalue weighted by Crippen LogP contribution is 2.28. The van der Waals surface area contributed by atoms with E-state index in [4.69, 9.17) is 0 Å². The standard InChI is InChI=1S/C12H14F5N/c1-4-12(2,3)5-18-11-9(16)7(14)6(13)8(15)10(11)17/h18H,4-5H2,1-3H3. The van der Waals surface area contributed by atoms with E-state index in [-0.39, 0.29) is 12.0 Å². The molecule has 0 saturated heterocycles. The van der Waals surface area contributed by atoms with Crippen molar-refractivity contribution in [1.82, 2.24) is 0 Å². The summed E-state index contributed by atoms with van der Waals surface area (Å²) in [4.78, 5) is 0. The lowest BCUT2D eigenvalue weighted by molar-refractivity contribution is 0.365. The Labute approximate surface area is 102 Å². The summed E-state index contributed by atoms with van der Waals surface area (Å²) in [5.74, 6) is -9.70. The molecule has 0 aliphatic heterocycles. The van der Waals surface area contributed by atoms with E-state index < -0.39 is 34.8 Å². The molecule has 1 N–H and O–H groups in total. The van der Waals surface area contributed by atoms with E-state index in [0.29, 0.717) is 6.42 Å². The monoisotopic (exact) mass is 267 g/mol. The minimum absolute atomic E-state index is 0.0991. The largest absolute Gasteiger partial charge is 0.380 e. The van der Waals surface area contributed by atoms with Crippen molar-refractivity contribution in [3.05, 3.63) is 29.1 Å². The van der Waals surface area contributed by atoms with Gasteiger partial charge in [-0.2, -0.15) is 0 Å². The predicted octanol–water partition coefficient (Wildman–Crippen LogP) is 4.23. The van der Waals surface area contributed by atoms with Crippen LogP contribution in [0.5, 0.6) is 0 Å². The summed E-state index contributed by atoms with van der Waals surface area (Å²) in [7, 11) is 0. The Morgan fingerprint density at radius 1 is 0.833 bits per heavy atom. The third-order valence-electron chi connectivity index (χ3n) is 2.91. The number of benzene rings is 1. The molecule has 0 heterocycles. The molecule has 0 unspecified atom stereocenters. The zero-order valence-electron chi connectivity index (χ0n) is 10.3. The lowest BCUT2D eigenvalue weighted by Gasteiger charge is -2.24. The highest BCUT2D eigenvalue weighted by Gasteiger charge is 2.26. The Kier molecular flexibility index (Phi) is 4.19. The fourth-order valence-corrected chi connectivity index (χ4v) is 1.21. The summed E-state index contributed by atoms with van der Waals surface area (Å²) in [5, 5.41) is 2.28. The van der Waals surface area contributed by atoms with Crippen LogP contribution < -0.4 is 5.32 Å². The van der Waals surface area contributed by atoms with Gasteiger partial charge in [-0.15, -0.1) is 0 Å². The van der Waals surface area contributed by atoms with Crippen molar-refractivity contribution < 1.29 is 22.0 Å². The molecular formula is C12H14F5N. The number of rotatable bonds is 4. The first-order valence-corrected chi connectivity index (χ1v) is 5.46. The van der Waals surface area contributed by atoms with Gasteiger partial charge in [0, 0.05) is 6.54 Å². The highest BCUT2D eigenvalue weighted by atomic mass is 19.2. The van der Waals surface area contributed by atoms with Crippen LogP contribution in [0.4, 0.5) is 27.6 Å². The van der Waals surface area contributed by atoms with Crippen LogP contribution in [0.3, 0.4) is 0 Å². The molecule has 0 aliphatic rings. The first kappa shape index (κ1) is 14.7. The molecule has 1 aromatic carbocycles. The minimum Gasteiger partial charge on any atom is -0.380 e. The first-order chi connectivity index (χ1) is 8.21. The molecule has 0 aromatic heterocycles. The van der Waals surface area contributed by atoms with Crippen molar-refractivity contribution in [1.29, 1.82) is 0 Å². The average molecular weight is 267 g/mol. The second kappa shape index (κ2) is 5.12. The molecule has 1 aromatic rings. The molecular weight excluding hydrogens is 253 g/mol. The van der Waals surface area contributed by atoms with Crippen molar-refractivity contribution in [3.8, 4) is 0 Å². The van der Waals surface area contributed by atoms with Gasteiger partial charge in [0.05, 0.1) is 0 Å². The van der Waals surface area contributed by atoms with E-state index >= 15 is 0 Å². The highest BCUT2D eigenvalue weighted by molar-refractivity contribution is 5.47. The number of hydrogen-bond acceptors (Lipinski definition) is 1. The molecule has 0 saturated carbocycles. The van der Waals surface area contributed by atoms with Crippen LogP contribution in [0, 0.1) is 34.5 Å². The number of hydrogen-bond donors (Lipinski definition) is 1. The fourth-order valence-electron chi connectivity index (χ4n) is 1.21. The van der Waals surface area contributed by atoms with Gasteiger partial charge < -0.3 is 5.32 Å². The molecule has 6 heteroatoms. The summed E-state index contributed by atoms with van der Waals surface area (Å²) in [6.45, 7) is 5.58. The third-order valence-corrected chi connectivity index (χ3v) is 2.91. The minimum atomic E-state index is -2.15. The van der Waals surface area contributed by atoms with Gasteiger partial charge in [0.2, 0.25) is 5.82 Å². The first-order valence-electron chi connectivity index (χ1n) is 5.46. The Balaban J connectivity index is 3.11. The maximum Gasteiger partial charge on any atom is 0.200 e. The summed E-state index contributed by atoms with van der Waals surface area (Å²) in [6.07, 6.45) is 0.690. The van der Waals surface area contributed by atoms with Gasteiger partial charge in [0.15, 0.2) is 23.3 Å². The smallest absolute Gasteiger partial charge is 0.200 e. The molecule has 102 valence electrons. The second-order valence-electron chi connectivity index (χ2n) is 4.82. The van der Waals surface area contributed by atoms with Crippen LogP contribution >= 0.6 is 0 Å². The van der Waals surface area contributed by atoms with Crippen molar-refractivity contribution >= 4 is 5.69 Å². The maximum absolute atomic E-state index is 13.3. The molecule has 0 amide bonds. The van der Waals surface area contributed by atoms with Crippen molar-refractivity contribution in [2.24, 2.45) is 5.41 Å². The lowest BCUT2D eigenvalue weighted by atomic mass is 9.90. The van der Waals surface area contributed by atoms with Crippen LogP contribution in [0.25, 0.3) is 0 Å². The number of halogens is 5. The average Bonchev–Trinajstić information content (AvgIpc) is 2.34. The fraction of sp³-hybridized carbons (Fsp3) is 0.500. The van der Waals surface area contributed by atoms with E-state index in [1.807, 2.05) is 20.8 Å². The molecule has 0 fully saturated rings. The quantitative estimate of drug-likeness (QED) is 0.489. The maximum atomic E-state index is 13.3. The van der Waals surface area contributed by atoms with E-state index in [1.54, 1.807) is 0 Å². The molecule has 1 nitrogen and oxygen atoms in total. The van der Waals surface area contributed by atoms with E-state index in [1.165, 1.54) is 0 Å². The molecule has 0 bridgehead atoms. The van der Waals surface area contributed by atoms with Crippen LogP contribution in [-0.4, -0.2) is 6.54 Å². The summed E-state index contributed by atoms with van der Waals surface area (Å²) in [6, 6.07) is 0. The lowest BCUT2D eigenvalue weighted by Crippen LogP contribution is -2.23. The molecule has 0 aliphatic carbocycles. The van der Waals surface area contributed by atoms with Crippen molar-refractivity contribution in [3.63, 3.8) is 0 Å². The van der Waals surface area contributed by atoms with E-state index in [9.17, 15) is 22.0 Å². The van der Waals surface area contributed by atoms with Crippen molar-refractivity contribution in [2.45, 2.75) is 27.2 Å². The summed E-state index contributed by atoms with van der Waals surface area (Å²) < 4.78 is 65.2. The van der Waals surface area contributed by atoms with Gasteiger partial charge in [0.1, 0.15) is 5.69 Å². The third kappa shape index (κ3) is 2.73. The second-order valence-corrected chi connectivity index (χ2v) is 4.82. The molecule has 0 atom stereocenters. The van der Waals surface area contributed by atoms with Gasteiger partial charge in [-0.25, -0.2) is 22.0 Å². The molecule has 0 radical (unpaired) electrons. The van der Waals surface area contributed by atoms with Crippen LogP contribution in [0.2, 0.25) is 0 Å². The number of anilines is 1. The van der Waals surface area contributed by atoms with E-state index in [0.717, 1.165) is 0 Å². The predicted molar refractivity (Wildman–Crippen MR) is 58.8 cm³/mol. The zero-order valence-corrected chi connectivity index (χ0v) is 10.3. The van der Waals surface area contributed by atoms with Gasteiger partial charge >= 0.3 is 0 Å². The Bertz CT molecular complexity index is 427. The normalized spacial score (nSPS) is 11.8. The summed E-state index contributed by atoms with van der Waals surface area (Å²) >= 11 is 0. The molecule has 18 heavy (non-hydrogen) atoms. The molecule has 0 spiro atoms. The van der Waals surface area contributed by atoms with Gasteiger partial charge in [-0.1, -0.05) is 20.8 Å². The van der Waals surface area contributed by atoms with Crippen LogP contribution in [0.1, 0.15) is 27.2 Å². The Morgan fingerprint density at radius 2 is 1.22 bits per heavy atom. The van der Waals surface area contributed by atoms with Gasteiger partial charge in [0.25, 0.3) is 0 Å². The van der Waals surface area contributed by atoms with E-state index in [2.05, 4.69) is 5.32 Å². The number of nitrogens with one attached hydrogen (secondary N) is 1. The van der Waals surface area contributed by atoms with Crippen LogP contribution in [-0.2, 0) is 0 Å². The molecule has 1 rings (SSSR count). The van der Waals surface area contributed by atoms with Gasteiger partial charge in [-0.3, -0.25) is 0 Å². The van der Waals surface area contributed by atoms with Crippen LogP contribution in [0.15, 0.2) is 0 Å². The Hall–Kier alpha value is -1.33. The Morgan fingerprint density at radius 3 is 1.61 bits per heavy atom. The van der Waals surface area contributed by atoms with Crippen molar-refractivity contribution in [2.75, 3.05) is 11.9 Å². The topological polar surface area (TPSA) is 12.0 Å². The summed E-state index contributed by atoms with van der Waals surface area (Å²) in [5.41, 5.74) is -1.30.